The summed E-state index contributed by atoms with van der Waals surface area (Å²) >= 11 is 1.41. The van der Waals surface area contributed by atoms with E-state index >= 15 is 0 Å². The Morgan fingerprint density at radius 3 is 2.87 bits per heavy atom. The zero-order valence-electron chi connectivity index (χ0n) is 13.1. The zero-order chi connectivity index (χ0) is 16.4. The summed E-state index contributed by atoms with van der Waals surface area (Å²) in [6.07, 6.45) is 2.53. The molecule has 2 aromatic rings. The average Bonchev–Trinajstić information content (AvgIpc) is 3.07. The van der Waals surface area contributed by atoms with Gasteiger partial charge < -0.3 is 5.32 Å². The minimum Gasteiger partial charge on any atom is -0.351 e. The van der Waals surface area contributed by atoms with Gasteiger partial charge in [-0.1, -0.05) is 24.3 Å². The first-order chi connectivity index (χ1) is 11.1. The van der Waals surface area contributed by atoms with E-state index in [0.717, 1.165) is 21.7 Å². The molecule has 0 radical (unpaired) electrons. The van der Waals surface area contributed by atoms with E-state index in [1.807, 2.05) is 43.5 Å². The molecule has 5 heteroatoms. The van der Waals surface area contributed by atoms with Crippen LogP contribution in [0.15, 0.2) is 34.6 Å². The molecule has 1 N–H and O–H groups in total. The fourth-order valence-corrected chi connectivity index (χ4v) is 3.27. The number of benzene rings is 1. The van der Waals surface area contributed by atoms with Crippen molar-refractivity contribution in [3.63, 3.8) is 0 Å². The van der Waals surface area contributed by atoms with Crippen LogP contribution in [0.3, 0.4) is 0 Å². The first-order valence-electron chi connectivity index (χ1n) is 7.58. The summed E-state index contributed by atoms with van der Waals surface area (Å²) in [7, 11) is 0. The van der Waals surface area contributed by atoms with Crippen LogP contribution in [0.2, 0.25) is 0 Å². The Morgan fingerprint density at radius 1 is 1.30 bits per heavy atom. The van der Waals surface area contributed by atoms with Gasteiger partial charge in [0.25, 0.3) is 11.8 Å². The van der Waals surface area contributed by atoms with Crippen molar-refractivity contribution >= 4 is 29.2 Å². The van der Waals surface area contributed by atoms with Crippen molar-refractivity contribution in [3.05, 3.63) is 56.2 Å². The highest BCUT2D eigenvalue weighted by atomic mass is 32.1. The second kappa shape index (κ2) is 6.46. The molecule has 0 aliphatic carbocycles. The SMILES string of the molecule is Cc1ccc2c(c1C)=NC(=O)C(CCNC(=O)c1cccs1)C=2. The van der Waals surface area contributed by atoms with E-state index < -0.39 is 0 Å². The molecule has 1 aromatic heterocycles. The first-order valence-corrected chi connectivity index (χ1v) is 8.46. The van der Waals surface area contributed by atoms with E-state index in [4.69, 9.17) is 0 Å². The van der Waals surface area contributed by atoms with Gasteiger partial charge in [0.1, 0.15) is 0 Å². The highest BCUT2D eigenvalue weighted by Crippen LogP contribution is 2.11. The molecule has 1 aliphatic heterocycles. The predicted molar refractivity (Wildman–Crippen MR) is 90.9 cm³/mol. The van der Waals surface area contributed by atoms with Crippen LogP contribution in [0.5, 0.6) is 0 Å². The molecular weight excluding hydrogens is 308 g/mol. The maximum Gasteiger partial charge on any atom is 0.261 e. The molecule has 3 rings (SSSR count). The van der Waals surface area contributed by atoms with Gasteiger partial charge in [0.2, 0.25) is 0 Å². The summed E-state index contributed by atoms with van der Waals surface area (Å²) in [5, 5.41) is 6.51. The Labute approximate surface area is 138 Å². The van der Waals surface area contributed by atoms with E-state index in [1.165, 1.54) is 11.3 Å². The molecule has 2 amide bonds. The predicted octanol–water partition coefficient (Wildman–Crippen LogP) is 1.74. The van der Waals surface area contributed by atoms with Crippen LogP contribution in [-0.2, 0) is 4.79 Å². The van der Waals surface area contributed by atoms with Crippen LogP contribution in [-0.4, -0.2) is 18.4 Å². The molecule has 1 unspecified atom stereocenters. The molecule has 0 saturated carbocycles. The number of rotatable bonds is 4. The Hall–Kier alpha value is -2.27. The number of fused-ring (bicyclic) bond motifs is 1. The third-order valence-electron chi connectivity index (χ3n) is 4.14. The Kier molecular flexibility index (Phi) is 4.39. The zero-order valence-corrected chi connectivity index (χ0v) is 13.9. The Morgan fingerprint density at radius 2 is 2.13 bits per heavy atom. The molecule has 23 heavy (non-hydrogen) atoms. The van der Waals surface area contributed by atoms with E-state index in [1.54, 1.807) is 6.07 Å². The third kappa shape index (κ3) is 3.24. The molecular formula is C18H18N2O2S. The molecule has 0 bridgehead atoms. The minimum absolute atomic E-state index is 0.0907. The smallest absolute Gasteiger partial charge is 0.261 e. The second-order valence-corrected chi connectivity index (χ2v) is 6.64. The van der Waals surface area contributed by atoms with Gasteiger partial charge in [0, 0.05) is 6.54 Å². The maximum atomic E-state index is 12.2. The van der Waals surface area contributed by atoms with Crippen molar-refractivity contribution in [2.75, 3.05) is 6.54 Å². The monoisotopic (exact) mass is 326 g/mol. The molecule has 1 aromatic carbocycles. The standard InChI is InChI=1S/C18H18N2O2S/c1-11-5-6-13-10-14(17(21)20-16(13)12(11)2)7-8-19-18(22)15-4-3-9-23-15/h3-6,9-10,14H,7-8H2,1-2H3,(H,19,22). The average molecular weight is 326 g/mol. The highest BCUT2D eigenvalue weighted by molar-refractivity contribution is 7.12. The van der Waals surface area contributed by atoms with Gasteiger partial charge in [-0.15, -0.1) is 11.3 Å². The number of hydrogen-bond donors (Lipinski definition) is 1. The Balaban J connectivity index is 1.70. The minimum atomic E-state index is -0.270. The van der Waals surface area contributed by atoms with Crippen LogP contribution in [0.25, 0.3) is 6.08 Å². The van der Waals surface area contributed by atoms with E-state index in [0.29, 0.717) is 17.8 Å². The van der Waals surface area contributed by atoms with Crippen molar-refractivity contribution in [2.24, 2.45) is 10.9 Å². The molecule has 118 valence electrons. The van der Waals surface area contributed by atoms with Gasteiger partial charge in [0.15, 0.2) is 0 Å². The summed E-state index contributed by atoms with van der Waals surface area (Å²) in [6, 6.07) is 7.68. The summed E-state index contributed by atoms with van der Waals surface area (Å²) in [5.74, 6) is -0.489. The lowest BCUT2D eigenvalue weighted by Gasteiger charge is -2.14. The first kappa shape index (κ1) is 15.6. The van der Waals surface area contributed by atoms with E-state index in [9.17, 15) is 9.59 Å². The number of aryl methyl sites for hydroxylation is 1. The van der Waals surface area contributed by atoms with E-state index in [2.05, 4.69) is 10.3 Å². The fraction of sp³-hybridized carbons (Fsp3) is 0.278. The third-order valence-corrected chi connectivity index (χ3v) is 5.01. The van der Waals surface area contributed by atoms with E-state index in [-0.39, 0.29) is 17.7 Å². The Bertz CT molecular complexity index is 869. The summed E-state index contributed by atoms with van der Waals surface area (Å²) in [4.78, 5) is 29.0. The summed E-state index contributed by atoms with van der Waals surface area (Å²) in [6.45, 7) is 4.46. The largest absolute Gasteiger partial charge is 0.351 e. The van der Waals surface area contributed by atoms with Crippen LogP contribution in [0.4, 0.5) is 0 Å². The van der Waals surface area contributed by atoms with Crippen molar-refractivity contribution in [1.82, 2.24) is 5.32 Å². The topological polar surface area (TPSA) is 58.5 Å². The molecule has 0 fully saturated rings. The molecule has 2 heterocycles. The molecule has 1 aliphatic rings. The van der Waals surface area contributed by atoms with Crippen molar-refractivity contribution in [3.8, 4) is 0 Å². The molecule has 0 spiro atoms. The molecule has 1 atom stereocenters. The highest BCUT2D eigenvalue weighted by Gasteiger charge is 2.19. The number of amides is 2. The lowest BCUT2D eigenvalue weighted by atomic mass is 9.98. The van der Waals surface area contributed by atoms with Crippen molar-refractivity contribution < 1.29 is 9.59 Å². The number of carbonyl (C=O) groups excluding carboxylic acids is 2. The van der Waals surface area contributed by atoms with Crippen molar-refractivity contribution in [2.45, 2.75) is 20.3 Å². The second-order valence-electron chi connectivity index (χ2n) is 5.69. The molecule has 4 nitrogen and oxygen atoms in total. The van der Waals surface area contributed by atoms with Gasteiger partial charge in [-0.3, -0.25) is 9.59 Å². The van der Waals surface area contributed by atoms with Crippen LogP contribution < -0.4 is 15.9 Å². The van der Waals surface area contributed by atoms with Gasteiger partial charge >= 0.3 is 0 Å². The summed E-state index contributed by atoms with van der Waals surface area (Å²) in [5.41, 5.74) is 2.19. The number of hydrogen-bond acceptors (Lipinski definition) is 3. The van der Waals surface area contributed by atoms with Crippen molar-refractivity contribution in [1.29, 1.82) is 0 Å². The lowest BCUT2D eigenvalue weighted by molar-refractivity contribution is -0.120. The maximum absolute atomic E-state index is 12.2. The number of nitrogens with zero attached hydrogens (tertiary/aromatic N) is 1. The van der Waals surface area contributed by atoms with Gasteiger partial charge in [-0.05, 0) is 48.1 Å². The van der Waals surface area contributed by atoms with Crippen LogP contribution >= 0.6 is 11.3 Å². The molecule has 0 saturated heterocycles. The van der Waals surface area contributed by atoms with Gasteiger partial charge in [0.05, 0.1) is 16.2 Å². The van der Waals surface area contributed by atoms with Gasteiger partial charge in [-0.2, -0.15) is 0 Å². The normalized spacial score (nSPS) is 16.3. The lowest BCUT2D eigenvalue weighted by Crippen LogP contribution is -2.37. The van der Waals surface area contributed by atoms with Crippen LogP contribution in [0.1, 0.15) is 27.2 Å². The number of nitrogens with one attached hydrogen (secondary N) is 1. The van der Waals surface area contributed by atoms with Gasteiger partial charge in [-0.25, -0.2) is 4.99 Å². The summed E-state index contributed by atoms with van der Waals surface area (Å²) < 4.78 is 0. The van der Waals surface area contributed by atoms with Crippen LogP contribution in [0, 0.1) is 19.8 Å². The number of carbonyl (C=O) groups is 2. The quantitative estimate of drug-likeness (QED) is 0.930. The number of thiophene rings is 1. The fourth-order valence-electron chi connectivity index (χ4n) is 2.63.